The van der Waals surface area contributed by atoms with Gasteiger partial charge in [0.15, 0.2) is 0 Å². The second kappa shape index (κ2) is 8.00. The lowest BCUT2D eigenvalue weighted by atomic mass is 10.0. The van der Waals surface area contributed by atoms with Crippen LogP contribution in [0.15, 0.2) is 36.4 Å². The fourth-order valence-corrected chi connectivity index (χ4v) is 2.41. The zero-order valence-electron chi connectivity index (χ0n) is 12.9. The van der Waals surface area contributed by atoms with Gasteiger partial charge in [-0.1, -0.05) is 44.2 Å². The minimum absolute atomic E-state index is 0.434. The molecule has 0 aliphatic heterocycles. The largest absolute Gasteiger partial charge is 0.370 e. The van der Waals surface area contributed by atoms with Gasteiger partial charge in [-0.15, -0.1) is 0 Å². The Kier molecular flexibility index (Phi) is 6.65. The molecule has 1 aromatic rings. The Hall–Kier alpha value is -1.28. The number of nitrogens with one attached hydrogen (secondary N) is 1. The van der Waals surface area contributed by atoms with Gasteiger partial charge in [0.25, 0.3) is 0 Å². The summed E-state index contributed by atoms with van der Waals surface area (Å²) in [6.45, 7) is 12.5. The van der Waals surface area contributed by atoms with Crippen LogP contribution < -0.4 is 10.2 Å². The predicted octanol–water partition coefficient (Wildman–Crippen LogP) is 4.15. The van der Waals surface area contributed by atoms with Crippen LogP contribution in [0.25, 0.3) is 0 Å². The minimum atomic E-state index is 0.434. The number of nitrogens with zero attached hydrogens (tertiary/aromatic N) is 1. The monoisotopic (exact) mass is 260 g/mol. The lowest BCUT2D eigenvalue weighted by molar-refractivity contribution is 0.518. The van der Waals surface area contributed by atoms with Crippen molar-refractivity contribution in [2.75, 3.05) is 25.0 Å². The number of rotatable bonds is 8. The molecule has 1 aromatic carbocycles. The highest BCUT2D eigenvalue weighted by atomic mass is 15.1. The van der Waals surface area contributed by atoms with Gasteiger partial charge in [0.2, 0.25) is 0 Å². The summed E-state index contributed by atoms with van der Waals surface area (Å²) in [5.74, 6) is 0. The molecule has 0 amide bonds. The molecular formula is C17H28N2. The third-order valence-corrected chi connectivity index (χ3v) is 3.28. The molecule has 0 heterocycles. The van der Waals surface area contributed by atoms with Crippen molar-refractivity contribution in [3.63, 3.8) is 0 Å². The molecule has 1 N–H and O–H groups in total. The first-order valence-corrected chi connectivity index (χ1v) is 7.27. The lowest BCUT2D eigenvalue weighted by Gasteiger charge is -2.27. The van der Waals surface area contributed by atoms with Crippen LogP contribution in [0.4, 0.5) is 5.69 Å². The van der Waals surface area contributed by atoms with Crippen LogP contribution in [-0.2, 0) is 0 Å². The van der Waals surface area contributed by atoms with Crippen LogP contribution in [0.3, 0.4) is 0 Å². The van der Waals surface area contributed by atoms with Gasteiger partial charge in [0.05, 0.1) is 0 Å². The second-order valence-corrected chi connectivity index (χ2v) is 5.29. The summed E-state index contributed by atoms with van der Waals surface area (Å²) in [4.78, 5) is 2.29. The highest BCUT2D eigenvalue weighted by Gasteiger charge is 2.14. The Bertz CT molecular complexity index is 398. The molecular weight excluding hydrogens is 232 g/mol. The topological polar surface area (TPSA) is 15.3 Å². The Morgan fingerprint density at radius 1 is 1.32 bits per heavy atom. The number of likely N-dealkylation sites (N-methyl/N-ethyl adjacent to an activating group) is 1. The van der Waals surface area contributed by atoms with Crippen molar-refractivity contribution in [3.05, 3.63) is 42.0 Å². The molecule has 0 saturated heterocycles. The molecule has 1 atom stereocenters. The molecule has 0 aliphatic carbocycles. The maximum Gasteiger partial charge on any atom is 0.0415 e. The molecule has 2 nitrogen and oxygen atoms in total. The summed E-state index contributed by atoms with van der Waals surface area (Å²) in [6.07, 6.45) is 2.28. The van der Waals surface area contributed by atoms with Crippen molar-refractivity contribution in [1.29, 1.82) is 0 Å². The van der Waals surface area contributed by atoms with Crippen molar-refractivity contribution >= 4 is 5.69 Å². The van der Waals surface area contributed by atoms with Crippen LogP contribution in [0.2, 0.25) is 0 Å². The highest BCUT2D eigenvalue weighted by molar-refractivity contribution is 5.55. The Balaban J connectivity index is 2.95. The smallest absolute Gasteiger partial charge is 0.0415 e. The fourth-order valence-electron chi connectivity index (χ4n) is 2.41. The molecule has 0 bridgehead atoms. The Morgan fingerprint density at radius 3 is 2.58 bits per heavy atom. The Labute approximate surface area is 118 Å². The zero-order chi connectivity index (χ0) is 14.3. The van der Waals surface area contributed by atoms with Gasteiger partial charge >= 0.3 is 0 Å². The number of hydrogen-bond acceptors (Lipinski definition) is 2. The first-order valence-electron chi connectivity index (χ1n) is 7.27. The van der Waals surface area contributed by atoms with Crippen molar-refractivity contribution in [3.8, 4) is 0 Å². The van der Waals surface area contributed by atoms with Crippen LogP contribution in [-0.4, -0.2) is 20.1 Å². The molecule has 1 unspecified atom stereocenters. The quantitative estimate of drug-likeness (QED) is 0.706. The van der Waals surface area contributed by atoms with E-state index in [-0.39, 0.29) is 0 Å². The van der Waals surface area contributed by atoms with E-state index in [0.717, 1.165) is 19.5 Å². The molecule has 0 spiro atoms. The van der Waals surface area contributed by atoms with Crippen molar-refractivity contribution in [1.82, 2.24) is 5.32 Å². The average molecular weight is 260 g/mol. The average Bonchev–Trinajstić information content (AvgIpc) is 2.39. The summed E-state index contributed by atoms with van der Waals surface area (Å²) in [6, 6.07) is 9.11. The number of benzene rings is 1. The van der Waals surface area contributed by atoms with Crippen molar-refractivity contribution in [2.24, 2.45) is 0 Å². The molecule has 19 heavy (non-hydrogen) atoms. The van der Waals surface area contributed by atoms with Gasteiger partial charge in [0, 0.05) is 25.3 Å². The first-order chi connectivity index (χ1) is 9.10. The predicted molar refractivity (Wildman–Crippen MR) is 85.9 cm³/mol. The molecule has 2 heteroatoms. The van der Waals surface area contributed by atoms with Crippen molar-refractivity contribution in [2.45, 2.75) is 39.7 Å². The summed E-state index contributed by atoms with van der Waals surface area (Å²) < 4.78 is 0. The minimum Gasteiger partial charge on any atom is -0.370 e. The molecule has 0 aromatic heterocycles. The van der Waals surface area contributed by atoms with E-state index in [0.29, 0.717) is 6.04 Å². The van der Waals surface area contributed by atoms with Gasteiger partial charge in [-0.25, -0.2) is 0 Å². The van der Waals surface area contributed by atoms with Crippen molar-refractivity contribution < 1.29 is 0 Å². The van der Waals surface area contributed by atoms with Gasteiger partial charge in [-0.3, -0.25) is 0 Å². The van der Waals surface area contributed by atoms with Crippen LogP contribution in [0, 0.1) is 0 Å². The van der Waals surface area contributed by atoms with E-state index in [1.54, 1.807) is 0 Å². The fraction of sp³-hybridized carbons (Fsp3) is 0.529. The molecule has 0 radical (unpaired) electrons. The number of anilines is 1. The maximum absolute atomic E-state index is 4.01. The van der Waals surface area contributed by atoms with E-state index < -0.39 is 0 Å². The summed E-state index contributed by atoms with van der Waals surface area (Å²) in [5, 5.41) is 3.63. The second-order valence-electron chi connectivity index (χ2n) is 5.29. The highest BCUT2D eigenvalue weighted by Crippen LogP contribution is 2.27. The van der Waals surface area contributed by atoms with Crippen LogP contribution >= 0.6 is 0 Å². The number of hydrogen-bond donors (Lipinski definition) is 1. The lowest BCUT2D eigenvalue weighted by Crippen LogP contribution is -2.26. The maximum atomic E-state index is 4.01. The van der Waals surface area contributed by atoms with E-state index >= 15 is 0 Å². The molecule has 0 aliphatic rings. The van der Waals surface area contributed by atoms with Gasteiger partial charge in [0.1, 0.15) is 0 Å². The standard InChI is InChI=1S/C17H28N2/c1-6-12-18-16(7-2)15-10-8-9-11-17(15)19(5)13-14(3)4/h8-11,16,18H,3,6-7,12-13H2,1-2,4-5H3. The zero-order valence-corrected chi connectivity index (χ0v) is 12.9. The van der Waals surface area contributed by atoms with E-state index in [2.05, 4.69) is 68.9 Å². The third-order valence-electron chi connectivity index (χ3n) is 3.28. The summed E-state index contributed by atoms with van der Waals surface area (Å²) in [5.41, 5.74) is 3.88. The van der Waals surface area contributed by atoms with Gasteiger partial charge in [-0.05, 0) is 37.9 Å². The normalized spacial score (nSPS) is 12.2. The van der Waals surface area contributed by atoms with E-state index in [1.165, 1.54) is 23.2 Å². The summed E-state index contributed by atoms with van der Waals surface area (Å²) in [7, 11) is 2.14. The molecule has 106 valence electrons. The van der Waals surface area contributed by atoms with Crippen LogP contribution in [0.1, 0.15) is 45.2 Å². The third kappa shape index (κ3) is 4.71. The van der Waals surface area contributed by atoms with Gasteiger partial charge < -0.3 is 10.2 Å². The van der Waals surface area contributed by atoms with E-state index in [1.807, 2.05) is 0 Å². The SMILES string of the molecule is C=C(C)CN(C)c1ccccc1C(CC)NCCC. The Morgan fingerprint density at radius 2 is 2.00 bits per heavy atom. The molecule has 1 rings (SSSR count). The molecule has 0 saturated carbocycles. The van der Waals surface area contributed by atoms with E-state index in [4.69, 9.17) is 0 Å². The molecule has 0 fully saturated rings. The van der Waals surface area contributed by atoms with Gasteiger partial charge in [-0.2, -0.15) is 0 Å². The first kappa shape index (κ1) is 15.8. The van der Waals surface area contributed by atoms with Crippen LogP contribution in [0.5, 0.6) is 0 Å². The summed E-state index contributed by atoms with van der Waals surface area (Å²) >= 11 is 0. The number of para-hydroxylation sites is 1. The van der Waals surface area contributed by atoms with E-state index in [9.17, 15) is 0 Å².